The van der Waals surface area contributed by atoms with Crippen LogP contribution in [0.4, 0.5) is 4.79 Å². The first-order valence-corrected chi connectivity index (χ1v) is 6.73. The molecule has 1 N–H and O–H groups in total. The summed E-state index contributed by atoms with van der Waals surface area (Å²) in [6, 6.07) is 0. The fourth-order valence-corrected chi connectivity index (χ4v) is 2.16. The summed E-state index contributed by atoms with van der Waals surface area (Å²) < 4.78 is 4.57. The van der Waals surface area contributed by atoms with Crippen molar-refractivity contribution in [2.75, 3.05) is 5.75 Å². The Hall–Kier alpha value is -0.380. The lowest BCUT2D eigenvalue weighted by atomic mass is 10.1. The molecule has 0 radical (unpaired) electrons. The lowest BCUT2D eigenvalue weighted by Gasteiger charge is -2.09. The van der Waals surface area contributed by atoms with Crippen molar-refractivity contribution in [3.05, 3.63) is 0 Å². The lowest BCUT2D eigenvalue weighted by molar-refractivity contribution is 0.0870. The fraction of sp³-hybridized carbons (Fsp3) is 0.909. The predicted molar refractivity (Wildman–Crippen MR) is 64.4 cm³/mol. The van der Waals surface area contributed by atoms with Gasteiger partial charge in [0.2, 0.25) is 0 Å². The third-order valence-electron chi connectivity index (χ3n) is 2.12. The van der Waals surface area contributed by atoms with Gasteiger partial charge in [0, 0.05) is 0 Å². The Kier molecular flexibility index (Phi) is 9.89. The van der Waals surface area contributed by atoms with E-state index in [1.807, 2.05) is 0 Å². The second-order valence-electron chi connectivity index (χ2n) is 3.59. The zero-order valence-electron chi connectivity index (χ0n) is 9.70. The van der Waals surface area contributed by atoms with E-state index in [1.165, 1.54) is 32.1 Å². The second kappa shape index (κ2) is 10.1. The van der Waals surface area contributed by atoms with Crippen molar-refractivity contribution in [2.24, 2.45) is 0 Å². The molecule has 0 amide bonds. The molecule has 0 heterocycles. The number of thioether (sulfide) groups is 1. The molecule has 1 unspecified atom stereocenters. The Morgan fingerprint density at radius 2 is 1.87 bits per heavy atom. The van der Waals surface area contributed by atoms with Crippen LogP contribution in [0.15, 0.2) is 0 Å². The molecule has 90 valence electrons. The summed E-state index contributed by atoms with van der Waals surface area (Å²) in [4.78, 5) is 10.2. The quantitative estimate of drug-likeness (QED) is 0.370. The minimum absolute atomic E-state index is 0.238. The minimum Gasteiger partial charge on any atom is -0.450 e. The standard InChI is InChI=1S/C11H22O3S/c1-3-4-5-6-7-8-9-15-10(2)14-11(12)13/h10H,3-9H2,1-2H3,(H,12,13). The topological polar surface area (TPSA) is 46.5 Å². The number of rotatable bonds is 9. The molecule has 4 heteroatoms. The highest BCUT2D eigenvalue weighted by molar-refractivity contribution is 7.99. The number of unbranched alkanes of at least 4 members (excludes halogenated alkanes) is 5. The van der Waals surface area contributed by atoms with Crippen molar-refractivity contribution in [1.82, 2.24) is 0 Å². The maximum Gasteiger partial charge on any atom is 0.506 e. The second-order valence-corrected chi connectivity index (χ2v) is 5.00. The van der Waals surface area contributed by atoms with Crippen molar-refractivity contribution in [3.8, 4) is 0 Å². The van der Waals surface area contributed by atoms with Crippen LogP contribution in [0.5, 0.6) is 0 Å². The van der Waals surface area contributed by atoms with Crippen molar-refractivity contribution in [3.63, 3.8) is 0 Å². The van der Waals surface area contributed by atoms with Gasteiger partial charge in [-0.1, -0.05) is 39.0 Å². The number of hydrogen-bond donors (Lipinski definition) is 1. The number of hydrogen-bond acceptors (Lipinski definition) is 3. The van der Waals surface area contributed by atoms with E-state index in [2.05, 4.69) is 11.7 Å². The third-order valence-corrected chi connectivity index (χ3v) is 3.21. The lowest BCUT2D eigenvalue weighted by Crippen LogP contribution is -2.09. The van der Waals surface area contributed by atoms with Gasteiger partial charge in [0.25, 0.3) is 0 Å². The highest BCUT2D eigenvalue weighted by Gasteiger charge is 2.06. The van der Waals surface area contributed by atoms with Gasteiger partial charge in [-0.15, -0.1) is 11.8 Å². The molecule has 0 aromatic heterocycles. The van der Waals surface area contributed by atoms with E-state index in [-0.39, 0.29) is 5.44 Å². The van der Waals surface area contributed by atoms with Crippen LogP contribution >= 0.6 is 11.8 Å². The van der Waals surface area contributed by atoms with Gasteiger partial charge in [-0.2, -0.15) is 0 Å². The van der Waals surface area contributed by atoms with Gasteiger partial charge >= 0.3 is 6.16 Å². The van der Waals surface area contributed by atoms with E-state index in [4.69, 9.17) is 5.11 Å². The Balaban J connectivity index is 3.13. The van der Waals surface area contributed by atoms with Gasteiger partial charge in [-0.3, -0.25) is 0 Å². The molecular weight excluding hydrogens is 212 g/mol. The summed E-state index contributed by atoms with van der Waals surface area (Å²) in [6.07, 6.45) is 6.43. The average Bonchev–Trinajstić information content (AvgIpc) is 2.15. The van der Waals surface area contributed by atoms with Crippen LogP contribution in [0.25, 0.3) is 0 Å². The van der Waals surface area contributed by atoms with E-state index < -0.39 is 6.16 Å². The molecule has 0 saturated carbocycles. The normalized spacial score (nSPS) is 12.4. The molecule has 0 aliphatic carbocycles. The monoisotopic (exact) mass is 234 g/mol. The first kappa shape index (κ1) is 14.6. The third kappa shape index (κ3) is 11.5. The van der Waals surface area contributed by atoms with Crippen molar-refractivity contribution in [2.45, 2.75) is 57.8 Å². The molecule has 0 aliphatic heterocycles. The molecule has 0 bridgehead atoms. The van der Waals surface area contributed by atoms with Gasteiger partial charge < -0.3 is 9.84 Å². The molecule has 0 rings (SSSR count). The van der Waals surface area contributed by atoms with Crippen LogP contribution in [0, 0.1) is 0 Å². The van der Waals surface area contributed by atoms with Crippen LogP contribution in [0.3, 0.4) is 0 Å². The Bertz CT molecular complexity index is 162. The van der Waals surface area contributed by atoms with Crippen LogP contribution < -0.4 is 0 Å². The van der Waals surface area contributed by atoms with Crippen LogP contribution in [-0.4, -0.2) is 22.5 Å². The molecule has 0 aromatic rings. The fourth-order valence-electron chi connectivity index (χ4n) is 1.31. The highest BCUT2D eigenvalue weighted by atomic mass is 32.2. The molecule has 0 fully saturated rings. The Labute approximate surface area is 96.6 Å². The van der Waals surface area contributed by atoms with Gasteiger partial charge in [0.05, 0.1) is 0 Å². The Morgan fingerprint density at radius 1 is 1.27 bits per heavy atom. The predicted octanol–water partition coefficient (Wildman–Crippen LogP) is 4.12. The van der Waals surface area contributed by atoms with E-state index in [0.29, 0.717) is 0 Å². The summed E-state index contributed by atoms with van der Waals surface area (Å²) in [5, 5.41) is 8.35. The van der Waals surface area contributed by atoms with Gasteiger partial charge in [-0.25, -0.2) is 4.79 Å². The molecule has 0 aromatic carbocycles. The summed E-state index contributed by atoms with van der Waals surface area (Å²) in [7, 11) is 0. The zero-order valence-corrected chi connectivity index (χ0v) is 10.5. The molecule has 3 nitrogen and oxygen atoms in total. The first-order chi connectivity index (χ1) is 7.16. The summed E-state index contributed by atoms with van der Waals surface area (Å²) in [5.41, 5.74) is -0.238. The minimum atomic E-state index is -1.18. The van der Waals surface area contributed by atoms with Gasteiger partial charge in [0.15, 0.2) is 0 Å². The van der Waals surface area contributed by atoms with Crippen molar-refractivity contribution in [1.29, 1.82) is 0 Å². The van der Waals surface area contributed by atoms with Crippen molar-refractivity contribution < 1.29 is 14.6 Å². The average molecular weight is 234 g/mol. The number of carbonyl (C=O) groups is 1. The number of carboxylic acid groups (broad SMARTS) is 1. The summed E-state index contributed by atoms with van der Waals surface area (Å²) in [6.45, 7) is 3.98. The van der Waals surface area contributed by atoms with E-state index >= 15 is 0 Å². The maximum atomic E-state index is 10.2. The maximum absolute atomic E-state index is 10.2. The summed E-state index contributed by atoms with van der Waals surface area (Å²) in [5.74, 6) is 0.987. The van der Waals surface area contributed by atoms with Gasteiger partial charge in [-0.05, 0) is 19.1 Å². The Morgan fingerprint density at radius 3 is 2.47 bits per heavy atom. The number of ether oxygens (including phenoxy) is 1. The molecular formula is C11H22O3S. The summed E-state index contributed by atoms with van der Waals surface area (Å²) >= 11 is 1.57. The molecule has 0 saturated heterocycles. The van der Waals surface area contributed by atoms with E-state index in [9.17, 15) is 4.79 Å². The van der Waals surface area contributed by atoms with Crippen LogP contribution in [0.1, 0.15) is 52.4 Å². The van der Waals surface area contributed by atoms with Crippen LogP contribution in [0.2, 0.25) is 0 Å². The zero-order chi connectivity index (χ0) is 11.5. The van der Waals surface area contributed by atoms with Gasteiger partial charge in [0.1, 0.15) is 5.44 Å². The largest absolute Gasteiger partial charge is 0.506 e. The first-order valence-electron chi connectivity index (χ1n) is 5.68. The molecule has 0 spiro atoms. The SMILES string of the molecule is CCCCCCCCSC(C)OC(=O)O. The molecule has 1 atom stereocenters. The highest BCUT2D eigenvalue weighted by Crippen LogP contribution is 2.15. The van der Waals surface area contributed by atoms with E-state index in [1.54, 1.807) is 18.7 Å². The van der Waals surface area contributed by atoms with E-state index in [0.717, 1.165) is 12.2 Å². The van der Waals surface area contributed by atoms with Crippen molar-refractivity contribution >= 4 is 17.9 Å². The molecule has 0 aliphatic rings. The molecule has 15 heavy (non-hydrogen) atoms. The van der Waals surface area contributed by atoms with Crippen LogP contribution in [-0.2, 0) is 4.74 Å². The smallest absolute Gasteiger partial charge is 0.450 e.